The van der Waals surface area contributed by atoms with Crippen LogP contribution in [0.3, 0.4) is 0 Å². The van der Waals surface area contributed by atoms with E-state index >= 15 is 0 Å². The van der Waals surface area contributed by atoms with E-state index in [2.05, 4.69) is 18.7 Å². The first-order valence-corrected chi connectivity index (χ1v) is 8.78. The number of fused-ring (bicyclic) bond motifs is 3. The number of ether oxygens (including phenoxy) is 2. The molecule has 0 radical (unpaired) electrons. The van der Waals surface area contributed by atoms with Crippen molar-refractivity contribution in [3.8, 4) is 0 Å². The van der Waals surface area contributed by atoms with Gasteiger partial charge in [-0.1, -0.05) is 35.9 Å². The first-order chi connectivity index (χ1) is 10.7. The summed E-state index contributed by atoms with van der Waals surface area (Å²) in [7, 11) is 0. The van der Waals surface area contributed by atoms with E-state index in [0.717, 1.165) is 37.0 Å². The van der Waals surface area contributed by atoms with Gasteiger partial charge in [0.2, 0.25) is 0 Å². The highest BCUT2D eigenvalue weighted by Gasteiger charge is 2.66. The third-order valence-electron chi connectivity index (χ3n) is 6.44. The zero-order chi connectivity index (χ0) is 14.9. The lowest BCUT2D eigenvalue weighted by atomic mass is 9.72. The van der Waals surface area contributed by atoms with E-state index < -0.39 is 0 Å². The van der Waals surface area contributed by atoms with Crippen LogP contribution in [0.25, 0.3) is 0 Å². The van der Waals surface area contributed by atoms with Crippen LogP contribution < -0.4 is 0 Å². The van der Waals surface area contributed by atoms with Gasteiger partial charge in [-0.15, -0.1) is 0 Å². The zero-order valence-electron chi connectivity index (χ0n) is 12.6. The molecule has 3 aliphatic carbocycles. The highest BCUT2D eigenvalue weighted by molar-refractivity contribution is 6.30. The lowest BCUT2D eigenvalue weighted by Gasteiger charge is -2.40. The van der Waals surface area contributed by atoms with Crippen LogP contribution >= 0.6 is 11.6 Å². The van der Waals surface area contributed by atoms with Crippen molar-refractivity contribution in [1.82, 2.24) is 0 Å². The minimum Gasteiger partial charge on any atom is -0.348 e. The standard InChI is InChI=1S/C19H21ClO2/c1-11-14-6-7-19(21-8-9-22-19)10-15(14)18-16(11)17(18)12-2-4-13(20)5-3-12/h2-5,14-18H,1,6-10H2/t14-,15+,16-,17-,18-/m1/s1. The molecule has 0 N–H and O–H groups in total. The van der Waals surface area contributed by atoms with Crippen molar-refractivity contribution < 1.29 is 9.47 Å². The van der Waals surface area contributed by atoms with Crippen LogP contribution in [0.5, 0.6) is 0 Å². The lowest BCUT2D eigenvalue weighted by molar-refractivity contribution is -0.192. The molecule has 0 bridgehead atoms. The fourth-order valence-corrected chi connectivity index (χ4v) is 5.65. The minimum absolute atomic E-state index is 0.274. The van der Waals surface area contributed by atoms with Crippen LogP contribution in [-0.2, 0) is 9.47 Å². The van der Waals surface area contributed by atoms with E-state index in [4.69, 9.17) is 21.1 Å². The Morgan fingerprint density at radius 2 is 1.82 bits per heavy atom. The Morgan fingerprint density at radius 1 is 1.09 bits per heavy atom. The second kappa shape index (κ2) is 4.59. The molecule has 2 nitrogen and oxygen atoms in total. The summed E-state index contributed by atoms with van der Waals surface area (Å²) >= 11 is 6.03. The van der Waals surface area contributed by atoms with Crippen molar-refractivity contribution in [2.75, 3.05) is 13.2 Å². The molecule has 4 fully saturated rings. The smallest absolute Gasteiger partial charge is 0.168 e. The fourth-order valence-electron chi connectivity index (χ4n) is 5.52. The monoisotopic (exact) mass is 316 g/mol. The van der Waals surface area contributed by atoms with E-state index in [1.54, 1.807) is 0 Å². The summed E-state index contributed by atoms with van der Waals surface area (Å²) in [5, 5.41) is 0.815. The highest BCUT2D eigenvalue weighted by Crippen LogP contribution is 2.72. The first-order valence-electron chi connectivity index (χ1n) is 8.41. The molecule has 1 saturated heterocycles. The van der Waals surface area contributed by atoms with Crippen LogP contribution in [-0.4, -0.2) is 19.0 Å². The molecule has 1 aromatic rings. The second-order valence-electron chi connectivity index (χ2n) is 7.38. The molecular formula is C19H21ClO2. The summed E-state index contributed by atoms with van der Waals surface area (Å²) in [4.78, 5) is 0. The quantitative estimate of drug-likeness (QED) is 0.715. The number of hydrogen-bond donors (Lipinski definition) is 0. The maximum Gasteiger partial charge on any atom is 0.168 e. The number of hydrogen-bond acceptors (Lipinski definition) is 2. The molecule has 1 heterocycles. The van der Waals surface area contributed by atoms with Crippen molar-refractivity contribution >= 4 is 11.6 Å². The normalized spacial score (nSPS) is 41.5. The maximum atomic E-state index is 6.03. The summed E-state index contributed by atoms with van der Waals surface area (Å²) < 4.78 is 12.0. The van der Waals surface area contributed by atoms with Crippen LogP contribution in [0.2, 0.25) is 5.02 Å². The van der Waals surface area contributed by atoms with Crippen molar-refractivity contribution in [1.29, 1.82) is 0 Å². The SMILES string of the molecule is C=C1[C@@H]2[C@@H](c3ccc(Cl)cc3)[C@@H]2[C@H]2CC3(CC[C@H]12)OCCO3. The van der Waals surface area contributed by atoms with Crippen molar-refractivity contribution in [2.45, 2.75) is 31.0 Å². The molecular weight excluding hydrogens is 296 g/mol. The molecule has 0 amide bonds. The largest absolute Gasteiger partial charge is 0.348 e. The predicted octanol–water partition coefficient (Wildman–Crippen LogP) is 4.40. The molecule has 116 valence electrons. The van der Waals surface area contributed by atoms with Gasteiger partial charge in [0.15, 0.2) is 5.79 Å². The van der Waals surface area contributed by atoms with E-state index in [0.29, 0.717) is 23.7 Å². The van der Waals surface area contributed by atoms with Gasteiger partial charge in [-0.2, -0.15) is 0 Å². The summed E-state index contributed by atoms with van der Waals surface area (Å²) in [6.45, 7) is 5.98. The Kier molecular flexibility index (Phi) is 2.84. The molecule has 22 heavy (non-hydrogen) atoms. The highest BCUT2D eigenvalue weighted by atomic mass is 35.5. The minimum atomic E-state index is -0.274. The summed E-state index contributed by atoms with van der Waals surface area (Å²) in [5.74, 6) is 3.16. The molecule has 0 unspecified atom stereocenters. The Morgan fingerprint density at radius 3 is 2.55 bits per heavy atom. The van der Waals surface area contributed by atoms with Gasteiger partial charge in [0.05, 0.1) is 13.2 Å². The molecule has 1 spiro atoms. The summed E-state index contributed by atoms with van der Waals surface area (Å²) in [5.41, 5.74) is 2.91. The van der Waals surface area contributed by atoms with Crippen molar-refractivity contribution in [2.24, 2.45) is 23.7 Å². The van der Waals surface area contributed by atoms with Crippen molar-refractivity contribution in [3.05, 3.63) is 47.0 Å². The van der Waals surface area contributed by atoms with Gasteiger partial charge in [0, 0.05) is 17.9 Å². The molecule has 3 heteroatoms. The molecule has 0 aromatic heterocycles. The number of rotatable bonds is 1. The predicted molar refractivity (Wildman–Crippen MR) is 85.8 cm³/mol. The van der Waals surface area contributed by atoms with E-state index in [1.165, 1.54) is 17.6 Å². The topological polar surface area (TPSA) is 18.5 Å². The molecule has 3 saturated carbocycles. The number of halogens is 1. The van der Waals surface area contributed by atoms with Gasteiger partial charge in [0.1, 0.15) is 0 Å². The third kappa shape index (κ3) is 1.81. The van der Waals surface area contributed by atoms with Crippen LogP contribution in [0, 0.1) is 23.7 Å². The van der Waals surface area contributed by atoms with Crippen LogP contribution in [0.15, 0.2) is 36.4 Å². The Balaban J connectivity index is 1.42. The van der Waals surface area contributed by atoms with Gasteiger partial charge in [-0.25, -0.2) is 0 Å². The second-order valence-corrected chi connectivity index (χ2v) is 7.81. The lowest BCUT2D eigenvalue weighted by Crippen LogP contribution is -2.40. The Labute approximate surface area is 136 Å². The van der Waals surface area contributed by atoms with Crippen molar-refractivity contribution in [3.63, 3.8) is 0 Å². The average molecular weight is 317 g/mol. The van der Waals surface area contributed by atoms with Gasteiger partial charge < -0.3 is 9.47 Å². The molecule has 1 aromatic carbocycles. The summed E-state index contributed by atoms with van der Waals surface area (Å²) in [6, 6.07) is 8.40. The van der Waals surface area contributed by atoms with E-state index in [1.807, 2.05) is 12.1 Å². The van der Waals surface area contributed by atoms with Gasteiger partial charge in [-0.05, 0) is 53.7 Å². The zero-order valence-corrected chi connectivity index (χ0v) is 13.4. The van der Waals surface area contributed by atoms with Crippen LogP contribution in [0.1, 0.15) is 30.7 Å². The Hall–Kier alpha value is -0.830. The van der Waals surface area contributed by atoms with Gasteiger partial charge in [-0.3, -0.25) is 0 Å². The average Bonchev–Trinajstić information content (AvgIpc) is 3.01. The summed E-state index contributed by atoms with van der Waals surface area (Å²) in [6.07, 6.45) is 3.28. The molecule has 5 atom stereocenters. The number of allylic oxidation sites excluding steroid dienone is 1. The fraction of sp³-hybridized carbons (Fsp3) is 0.579. The molecule has 1 aliphatic heterocycles. The van der Waals surface area contributed by atoms with Gasteiger partial charge >= 0.3 is 0 Å². The van der Waals surface area contributed by atoms with Crippen LogP contribution in [0.4, 0.5) is 0 Å². The molecule has 5 rings (SSSR count). The Bertz CT molecular complexity index is 617. The van der Waals surface area contributed by atoms with E-state index in [-0.39, 0.29) is 5.79 Å². The van der Waals surface area contributed by atoms with Gasteiger partial charge in [0.25, 0.3) is 0 Å². The third-order valence-corrected chi connectivity index (χ3v) is 6.69. The number of benzene rings is 1. The first kappa shape index (κ1) is 13.6. The molecule has 4 aliphatic rings. The van der Waals surface area contributed by atoms with E-state index in [9.17, 15) is 0 Å². The maximum absolute atomic E-state index is 6.03.